The molecule has 8 aromatic carbocycles. The zero-order valence-corrected chi connectivity index (χ0v) is 27.0. The number of benzene rings is 8. The Labute approximate surface area is 287 Å². The standard InChI is InChI=1S/C47H28N2O/c1-2-12-29(13-3-1)42-25-31(49-44-20-10-8-18-36(44)37-19-9-11-21-45(37)49)26-43(48-42)30-22-23-46-40(24-30)41-27-38-34-16-6-4-14-32(34)33-15-5-7-17-35(33)39(38)28-47(41)50-46/h1-28H. The minimum absolute atomic E-state index is 0.870. The largest absolute Gasteiger partial charge is 0.456 e. The number of nitrogens with zero attached hydrogens (tertiary/aromatic N) is 2. The van der Waals surface area contributed by atoms with Crippen molar-refractivity contribution in [1.29, 1.82) is 0 Å². The molecular weight excluding hydrogens is 609 g/mol. The van der Waals surface area contributed by atoms with Crippen LogP contribution in [0.3, 0.4) is 0 Å². The van der Waals surface area contributed by atoms with Crippen LogP contribution in [0.25, 0.3) is 104 Å². The molecule has 0 saturated heterocycles. The molecule has 0 aliphatic carbocycles. The third-order valence-corrected chi connectivity index (χ3v) is 10.3. The van der Waals surface area contributed by atoms with Crippen LogP contribution in [0.1, 0.15) is 0 Å². The molecule has 11 aromatic rings. The lowest BCUT2D eigenvalue weighted by Gasteiger charge is -2.13. The lowest BCUT2D eigenvalue weighted by atomic mass is 9.93. The van der Waals surface area contributed by atoms with Gasteiger partial charge in [-0.25, -0.2) is 4.98 Å². The van der Waals surface area contributed by atoms with E-state index in [1.165, 1.54) is 54.1 Å². The van der Waals surface area contributed by atoms with E-state index in [-0.39, 0.29) is 0 Å². The average Bonchev–Trinajstić information content (AvgIpc) is 3.72. The zero-order chi connectivity index (χ0) is 32.8. The van der Waals surface area contributed by atoms with Crippen LogP contribution in [0.4, 0.5) is 0 Å². The van der Waals surface area contributed by atoms with Gasteiger partial charge in [0.2, 0.25) is 0 Å². The molecule has 0 unspecified atom stereocenters. The first-order valence-corrected chi connectivity index (χ1v) is 17.0. The normalized spacial score (nSPS) is 12.0. The highest BCUT2D eigenvalue weighted by Crippen LogP contribution is 2.41. The van der Waals surface area contributed by atoms with Gasteiger partial charge in [0, 0.05) is 32.7 Å². The molecule has 0 aliphatic rings. The van der Waals surface area contributed by atoms with Gasteiger partial charge in [0.25, 0.3) is 0 Å². The fourth-order valence-corrected chi connectivity index (χ4v) is 8.08. The SMILES string of the molecule is c1ccc(-c2cc(-n3c4ccccc4c4ccccc43)cc(-c3ccc4oc5cc6c7ccccc7c7ccccc7c6cc5c4c3)n2)cc1. The van der Waals surface area contributed by atoms with Gasteiger partial charge in [0.15, 0.2) is 0 Å². The molecule has 0 amide bonds. The van der Waals surface area contributed by atoms with E-state index in [9.17, 15) is 0 Å². The van der Waals surface area contributed by atoms with Crippen molar-refractivity contribution < 1.29 is 4.42 Å². The molecule has 0 fully saturated rings. The summed E-state index contributed by atoms with van der Waals surface area (Å²) in [5.41, 5.74) is 9.16. The molecule has 3 heteroatoms. The van der Waals surface area contributed by atoms with Gasteiger partial charge in [-0.15, -0.1) is 0 Å². The van der Waals surface area contributed by atoms with Crippen LogP contribution in [0.2, 0.25) is 0 Å². The van der Waals surface area contributed by atoms with Crippen LogP contribution in [0.15, 0.2) is 174 Å². The van der Waals surface area contributed by atoms with Crippen LogP contribution >= 0.6 is 0 Å². The van der Waals surface area contributed by atoms with E-state index in [0.717, 1.165) is 50.1 Å². The van der Waals surface area contributed by atoms with Crippen molar-refractivity contribution >= 4 is 76.1 Å². The molecule has 3 heterocycles. The van der Waals surface area contributed by atoms with E-state index in [0.29, 0.717) is 0 Å². The highest BCUT2D eigenvalue weighted by Gasteiger charge is 2.17. The first kappa shape index (κ1) is 27.3. The van der Waals surface area contributed by atoms with Gasteiger partial charge in [-0.2, -0.15) is 0 Å². The van der Waals surface area contributed by atoms with Crippen molar-refractivity contribution in [3.8, 4) is 28.2 Å². The van der Waals surface area contributed by atoms with Crippen molar-refractivity contribution in [3.05, 3.63) is 170 Å². The van der Waals surface area contributed by atoms with Crippen LogP contribution in [0.5, 0.6) is 0 Å². The van der Waals surface area contributed by atoms with Crippen LogP contribution < -0.4 is 0 Å². The number of hydrogen-bond donors (Lipinski definition) is 0. The summed E-state index contributed by atoms with van der Waals surface area (Å²) in [6, 6.07) is 60.7. The molecule has 0 radical (unpaired) electrons. The van der Waals surface area contributed by atoms with E-state index in [4.69, 9.17) is 9.40 Å². The average molecular weight is 637 g/mol. The van der Waals surface area contributed by atoms with Crippen LogP contribution in [-0.4, -0.2) is 9.55 Å². The Balaban J connectivity index is 1.17. The Kier molecular flexibility index (Phi) is 5.67. The lowest BCUT2D eigenvalue weighted by molar-refractivity contribution is 0.669. The van der Waals surface area contributed by atoms with Crippen LogP contribution in [-0.2, 0) is 0 Å². The molecule has 3 nitrogen and oxygen atoms in total. The summed E-state index contributed by atoms with van der Waals surface area (Å²) in [6.45, 7) is 0. The monoisotopic (exact) mass is 636 g/mol. The summed E-state index contributed by atoms with van der Waals surface area (Å²) in [4.78, 5) is 5.30. The second-order valence-electron chi connectivity index (χ2n) is 13.1. The topological polar surface area (TPSA) is 31.0 Å². The minimum Gasteiger partial charge on any atom is -0.456 e. The van der Waals surface area contributed by atoms with Crippen molar-refractivity contribution in [2.45, 2.75) is 0 Å². The van der Waals surface area contributed by atoms with Gasteiger partial charge >= 0.3 is 0 Å². The number of hydrogen-bond acceptors (Lipinski definition) is 2. The lowest BCUT2D eigenvalue weighted by Crippen LogP contribution is -1.98. The third-order valence-electron chi connectivity index (χ3n) is 10.3. The summed E-state index contributed by atoms with van der Waals surface area (Å²) in [7, 11) is 0. The van der Waals surface area contributed by atoms with Crippen molar-refractivity contribution in [2.24, 2.45) is 0 Å². The van der Waals surface area contributed by atoms with Crippen molar-refractivity contribution in [3.63, 3.8) is 0 Å². The number of para-hydroxylation sites is 2. The summed E-state index contributed by atoms with van der Waals surface area (Å²) >= 11 is 0. The second-order valence-corrected chi connectivity index (χ2v) is 13.1. The number of pyridine rings is 1. The summed E-state index contributed by atoms with van der Waals surface area (Å²) < 4.78 is 8.93. The highest BCUT2D eigenvalue weighted by atomic mass is 16.3. The maximum Gasteiger partial charge on any atom is 0.136 e. The zero-order valence-electron chi connectivity index (χ0n) is 27.0. The van der Waals surface area contributed by atoms with Gasteiger partial charge in [0.1, 0.15) is 11.2 Å². The number of fused-ring (bicyclic) bond motifs is 12. The molecule has 0 bridgehead atoms. The molecule has 50 heavy (non-hydrogen) atoms. The third kappa shape index (κ3) is 3.95. The maximum atomic E-state index is 6.56. The second kappa shape index (κ2) is 10.4. The Morgan fingerprint density at radius 1 is 0.340 bits per heavy atom. The Morgan fingerprint density at radius 2 is 0.840 bits per heavy atom. The van der Waals surface area contributed by atoms with Crippen molar-refractivity contribution in [2.75, 3.05) is 0 Å². The quantitative estimate of drug-likeness (QED) is 0.181. The molecule has 3 aromatic heterocycles. The molecule has 0 spiro atoms. The first-order chi connectivity index (χ1) is 24.8. The van der Waals surface area contributed by atoms with E-state index in [2.05, 4.69) is 174 Å². The summed E-state index contributed by atoms with van der Waals surface area (Å²) in [6.07, 6.45) is 0. The molecule has 0 saturated carbocycles. The number of furan rings is 1. The predicted molar refractivity (Wildman–Crippen MR) is 209 cm³/mol. The van der Waals surface area contributed by atoms with Gasteiger partial charge in [-0.1, -0.05) is 115 Å². The van der Waals surface area contributed by atoms with E-state index >= 15 is 0 Å². The molecular formula is C47H28N2O. The van der Waals surface area contributed by atoms with E-state index < -0.39 is 0 Å². The van der Waals surface area contributed by atoms with Gasteiger partial charge in [-0.05, 0) is 86.9 Å². The van der Waals surface area contributed by atoms with Crippen molar-refractivity contribution in [1.82, 2.24) is 9.55 Å². The van der Waals surface area contributed by atoms with E-state index in [1.807, 2.05) is 0 Å². The summed E-state index contributed by atoms with van der Waals surface area (Å²) in [5, 5.41) is 12.1. The fourth-order valence-electron chi connectivity index (χ4n) is 8.08. The first-order valence-electron chi connectivity index (χ1n) is 17.0. The van der Waals surface area contributed by atoms with Crippen LogP contribution in [0, 0.1) is 0 Å². The summed E-state index contributed by atoms with van der Waals surface area (Å²) in [5.74, 6) is 0. The number of rotatable bonds is 3. The predicted octanol–water partition coefficient (Wildman–Crippen LogP) is 12.9. The molecule has 0 N–H and O–H groups in total. The van der Waals surface area contributed by atoms with E-state index in [1.54, 1.807) is 0 Å². The smallest absolute Gasteiger partial charge is 0.136 e. The van der Waals surface area contributed by atoms with Gasteiger partial charge < -0.3 is 8.98 Å². The Bertz CT molecular complexity index is 3100. The van der Waals surface area contributed by atoms with Gasteiger partial charge in [-0.3, -0.25) is 0 Å². The molecule has 11 rings (SSSR count). The fraction of sp³-hybridized carbons (Fsp3) is 0. The number of aromatic nitrogens is 2. The molecule has 0 atom stereocenters. The van der Waals surface area contributed by atoms with Gasteiger partial charge in [0.05, 0.1) is 28.1 Å². The Morgan fingerprint density at radius 3 is 1.48 bits per heavy atom. The highest BCUT2D eigenvalue weighted by molar-refractivity contribution is 6.28. The minimum atomic E-state index is 0.870. The molecule has 232 valence electrons. The maximum absolute atomic E-state index is 6.56. The Hall–Kier alpha value is -6.71. The molecule has 0 aliphatic heterocycles.